The van der Waals surface area contributed by atoms with Crippen molar-refractivity contribution in [2.24, 2.45) is 0 Å². The Morgan fingerprint density at radius 3 is 2.77 bits per heavy atom. The Hall–Kier alpha value is -2.15. The molecule has 114 valence electrons. The van der Waals surface area contributed by atoms with Crippen LogP contribution in [0.2, 0.25) is 0 Å². The van der Waals surface area contributed by atoms with Gasteiger partial charge in [0.1, 0.15) is 11.8 Å². The van der Waals surface area contributed by atoms with Crippen LogP contribution in [0.3, 0.4) is 0 Å². The average Bonchev–Trinajstić information content (AvgIpc) is 3.07. The van der Waals surface area contributed by atoms with Crippen LogP contribution in [0.4, 0.5) is 0 Å². The standard InChI is InChI=1S/C15H13BrN2O4/c1-8-6-13(15(20)21-8)22-14(19)12-7-11(17-18-12)9-2-4-10(16)5-3-9/h2-5,7-8,13H,6H2,1H3,(H,17,18). The third kappa shape index (κ3) is 3.04. The average molecular weight is 365 g/mol. The van der Waals surface area contributed by atoms with Gasteiger partial charge in [-0.05, 0) is 25.1 Å². The zero-order valence-corrected chi connectivity index (χ0v) is 13.3. The molecule has 1 aliphatic heterocycles. The molecule has 0 aliphatic carbocycles. The molecule has 3 rings (SSSR count). The fourth-order valence-electron chi connectivity index (χ4n) is 2.20. The fraction of sp³-hybridized carbons (Fsp3) is 0.267. The smallest absolute Gasteiger partial charge is 0.357 e. The predicted octanol–water partition coefficient (Wildman–Crippen LogP) is 2.70. The van der Waals surface area contributed by atoms with Gasteiger partial charge in [0.2, 0.25) is 6.10 Å². The lowest BCUT2D eigenvalue weighted by Crippen LogP contribution is -2.22. The van der Waals surface area contributed by atoms with Gasteiger partial charge < -0.3 is 9.47 Å². The third-order valence-corrected chi connectivity index (χ3v) is 3.84. The number of rotatable bonds is 3. The summed E-state index contributed by atoms with van der Waals surface area (Å²) in [6.45, 7) is 1.76. The van der Waals surface area contributed by atoms with Crippen molar-refractivity contribution in [3.8, 4) is 11.3 Å². The first-order valence-electron chi connectivity index (χ1n) is 6.76. The number of halogens is 1. The minimum Gasteiger partial charge on any atom is -0.460 e. The number of esters is 2. The molecule has 1 aromatic heterocycles. The highest BCUT2D eigenvalue weighted by Crippen LogP contribution is 2.22. The van der Waals surface area contributed by atoms with Gasteiger partial charge in [-0.25, -0.2) is 9.59 Å². The summed E-state index contributed by atoms with van der Waals surface area (Å²) in [5.41, 5.74) is 1.69. The maximum atomic E-state index is 12.0. The number of carbonyl (C=O) groups is 2. The summed E-state index contributed by atoms with van der Waals surface area (Å²) in [5.74, 6) is -1.12. The monoisotopic (exact) mass is 364 g/mol. The van der Waals surface area contributed by atoms with Crippen LogP contribution in [0.5, 0.6) is 0 Å². The number of benzene rings is 1. The van der Waals surface area contributed by atoms with Crippen LogP contribution >= 0.6 is 15.9 Å². The number of nitrogens with zero attached hydrogens (tertiary/aromatic N) is 1. The Kier molecular flexibility index (Phi) is 3.98. The number of aromatic amines is 1. The normalized spacial score (nSPS) is 20.7. The van der Waals surface area contributed by atoms with Crippen LogP contribution in [0.15, 0.2) is 34.8 Å². The molecule has 2 aromatic rings. The van der Waals surface area contributed by atoms with Gasteiger partial charge in [0.05, 0.1) is 5.69 Å². The second kappa shape index (κ2) is 5.92. The summed E-state index contributed by atoms with van der Waals surface area (Å²) in [6.07, 6.45) is -0.703. The van der Waals surface area contributed by atoms with E-state index in [0.29, 0.717) is 12.1 Å². The summed E-state index contributed by atoms with van der Waals surface area (Å²) < 4.78 is 11.1. The molecule has 0 spiro atoms. The Morgan fingerprint density at radius 2 is 2.14 bits per heavy atom. The minimum absolute atomic E-state index is 0.199. The van der Waals surface area contributed by atoms with Gasteiger partial charge in [-0.3, -0.25) is 5.10 Å². The van der Waals surface area contributed by atoms with Crippen molar-refractivity contribution in [2.75, 3.05) is 0 Å². The number of hydrogen-bond donors (Lipinski definition) is 1. The molecule has 1 aliphatic rings. The van der Waals surface area contributed by atoms with Crippen LogP contribution in [0.25, 0.3) is 11.3 Å². The van der Waals surface area contributed by atoms with Crippen molar-refractivity contribution in [1.29, 1.82) is 0 Å². The molecule has 1 saturated heterocycles. The SMILES string of the molecule is CC1CC(OC(=O)c2cc(-c3ccc(Br)cc3)n[nH]2)C(=O)O1. The summed E-state index contributed by atoms with van der Waals surface area (Å²) in [5, 5.41) is 6.72. The van der Waals surface area contributed by atoms with Gasteiger partial charge in [-0.2, -0.15) is 5.10 Å². The lowest BCUT2D eigenvalue weighted by atomic mass is 10.1. The van der Waals surface area contributed by atoms with Crippen molar-refractivity contribution in [2.45, 2.75) is 25.6 Å². The van der Waals surface area contributed by atoms with E-state index in [2.05, 4.69) is 26.1 Å². The van der Waals surface area contributed by atoms with E-state index < -0.39 is 18.0 Å². The lowest BCUT2D eigenvalue weighted by Gasteiger charge is -2.06. The Labute approximate surface area is 134 Å². The van der Waals surface area contributed by atoms with Gasteiger partial charge >= 0.3 is 11.9 Å². The molecule has 0 amide bonds. The lowest BCUT2D eigenvalue weighted by molar-refractivity contribution is -0.147. The number of nitrogens with one attached hydrogen (secondary N) is 1. The molecule has 0 radical (unpaired) electrons. The molecule has 0 saturated carbocycles. The molecule has 2 heterocycles. The predicted molar refractivity (Wildman–Crippen MR) is 81.1 cm³/mol. The molecule has 7 heteroatoms. The van der Waals surface area contributed by atoms with Gasteiger partial charge in [0.15, 0.2) is 0 Å². The topological polar surface area (TPSA) is 81.3 Å². The van der Waals surface area contributed by atoms with Crippen molar-refractivity contribution in [3.63, 3.8) is 0 Å². The highest BCUT2D eigenvalue weighted by Gasteiger charge is 2.35. The second-order valence-electron chi connectivity index (χ2n) is 5.05. The van der Waals surface area contributed by atoms with Crippen LogP contribution in [0, 0.1) is 0 Å². The molecule has 6 nitrogen and oxygen atoms in total. The molecule has 22 heavy (non-hydrogen) atoms. The molecule has 1 fully saturated rings. The van der Waals surface area contributed by atoms with Gasteiger partial charge in [-0.15, -0.1) is 0 Å². The highest BCUT2D eigenvalue weighted by atomic mass is 79.9. The van der Waals surface area contributed by atoms with Crippen LogP contribution in [-0.4, -0.2) is 34.3 Å². The maximum absolute atomic E-state index is 12.0. The summed E-state index contributed by atoms with van der Waals surface area (Å²) in [4.78, 5) is 23.5. The summed E-state index contributed by atoms with van der Waals surface area (Å²) in [6, 6.07) is 9.13. The number of carbonyl (C=O) groups excluding carboxylic acids is 2. The van der Waals surface area contributed by atoms with Crippen molar-refractivity contribution in [1.82, 2.24) is 10.2 Å². The molecule has 2 atom stereocenters. The van der Waals surface area contributed by atoms with Crippen molar-refractivity contribution >= 4 is 27.9 Å². The Morgan fingerprint density at radius 1 is 1.41 bits per heavy atom. The number of hydrogen-bond acceptors (Lipinski definition) is 5. The first-order valence-corrected chi connectivity index (χ1v) is 7.55. The third-order valence-electron chi connectivity index (χ3n) is 3.31. The first kappa shape index (κ1) is 14.8. The van der Waals surface area contributed by atoms with Gasteiger partial charge in [-0.1, -0.05) is 28.1 Å². The van der Waals surface area contributed by atoms with Gasteiger partial charge in [0, 0.05) is 16.5 Å². The number of H-pyrrole nitrogens is 1. The van der Waals surface area contributed by atoms with Crippen molar-refractivity contribution < 1.29 is 19.1 Å². The second-order valence-corrected chi connectivity index (χ2v) is 5.97. The molecular weight excluding hydrogens is 352 g/mol. The summed E-state index contributed by atoms with van der Waals surface area (Å²) in [7, 11) is 0. The van der Waals surface area contributed by atoms with E-state index in [-0.39, 0.29) is 11.8 Å². The Balaban J connectivity index is 1.72. The van der Waals surface area contributed by atoms with E-state index in [4.69, 9.17) is 9.47 Å². The van der Waals surface area contributed by atoms with E-state index in [9.17, 15) is 9.59 Å². The van der Waals surface area contributed by atoms with Gasteiger partial charge in [0.25, 0.3) is 0 Å². The van der Waals surface area contributed by atoms with Crippen LogP contribution in [0.1, 0.15) is 23.8 Å². The quantitative estimate of drug-likeness (QED) is 0.846. The zero-order valence-electron chi connectivity index (χ0n) is 11.7. The van der Waals surface area contributed by atoms with E-state index in [1.807, 2.05) is 24.3 Å². The zero-order chi connectivity index (χ0) is 15.7. The minimum atomic E-state index is -0.845. The van der Waals surface area contributed by atoms with E-state index in [1.54, 1.807) is 13.0 Å². The Bertz CT molecular complexity index is 711. The molecule has 1 aromatic carbocycles. The van der Waals surface area contributed by atoms with Crippen LogP contribution < -0.4 is 0 Å². The first-order chi connectivity index (χ1) is 10.5. The maximum Gasteiger partial charge on any atom is 0.357 e. The molecule has 0 bridgehead atoms. The molecule has 1 N–H and O–H groups in total. The molecular formula is C15H13BrN2O4. The number of cyclic esters (lactones) is 1. The summed E-state index contributed by atoms with van der Waals surface area (Å²) >= 11 is 3.36. The molecule has 2 unspecified atom stereocenters. The van der Waals surface area contributed by atoms with Crippen LogP contribution in [-0.2, 0) is 14.3 Å². The van der Waals surface area contributed by atoms with E-state index >= 15 is 0 Å². The fourth-order valence-corrected chi connectivity index (χ4v) is 2.47. The van der Waals surface area contributed by atoms with E-state index in [1.165, 1.54) is 0 Å². The number of aromatic nitrogens is 2. The van der Waals surface area contributed by atoms with Crippen molar-refractivity contribution in [3.05, 3.63) is 40.5 Å². The largest absolute Gasteiger partial charge is 0.460 e. The van der Waals surface area contributed by atoms with E-state index in [0.717, 1.165) is 10.0 Å². The highest BCUT2D eigenvalue weighted by molar-refractivity contribution is 9.10. The number of ether oxygens (including phenoxy) is 2.